The van der Waals surface area contributed by atoms with E-state index in [1.807, 2.05) is 41.2 Å². The number of thiophene rings is 1. The van der Waals surface area contributed by atoms with Gasteiger partial charge >= 0.3 is 0 Å². The van der Waals surface area contributed by atoms with E-state index in [1.165, 1.54) is 42.2 Å². The fraction of sp³-hybridized carbons (Fsp3) is 0.440. The summed E-state index contributed by atoms with van der Waals surface area (Å²) < 4.78 is 9.59. The first kappa shape index (κ1) is 21.3. The van der Waals surface area contributed by atoms with Crippen LogP contribution in [0.3, 0.4) is 0 Å². The Balaban J connectivity index is 1.30. The maximum Gasteiger partial charge on any atom is 0.238 e. The minimum atomic E-state index is 0.286. The van der Waals surface area contributed by atoms with E-state index in [1.54, 1.807) is 13.4 Å². The highest BCUT2D eigenvalue weighted by atomic mass is 32.1. The van der Waals surface area contributed by atoms with Crippen molar-refractivity contribution in [1.82, 2.24) is 29.3 Å². The van der Waals surface area contributed by atoms with Gasteiger partial charge in [-0.15, -0.1) is 16.4 Å². The number of methoxy groups -OCH3 is 1. The maximum absolute atomic E-state index is 5.60. The Bertz CT molecular complexity index is 1300. The number of hydrogen-bond donors (Lipinski definition) is 0. The number of nitrogens with zero attached hydrogens (tertiary/aromatic N) is 7. The predicted molar refractivity (Wildman–Crippen MR) is 133 cm³/mol. The summed E-state index contributed by atoms with van der Waals surface area (Å²) in [6.45, 7) is 5.21. The van der Waals surface area contributed by atoms with Gasteiger partial charge < -0.3 is 14.2 Å². The lowest BCUT2D eigenvalue weighted by atomic mass is 9.97. The van der Waals surface area contributed by atoms with Crippen molar-refractivity contribution in [2.75, 3.05) is 25.1 Å². The molecule has 6 heterocycles. The van der Waals surface area contributed by atoms with Crippen LogP contribution in [-0.4, -0.2) is 49.5 Å². The average Bonchev–Trinajstić information content (AvgIpc) is 3.63. The summed E-state index contributed by atoms with van der Waals surface area (Å²) >= 11 is 1.92. The molecule has 0 saturated carbocycles. The van der Waals surface area contributed by atoms with Gasteiger partial charge in [0.1, 0.15) is 17.2 Å². The molecule has 0 N–H and O–H groups in total. The monoisotopic (exact) mass is 475 g/mol. The van der Waals surface area contributed by atoms with Crippen molar-refractivity contribution in [1.29, 1.82) is 0 Å². The molecule has 6 rings (SSSR count). The minimum Gasteiger partial charge on any atom is -0.479 e. The molecule has 1 atom stereocenters. The zero-order valence-corrected chi connectivity index (χ0v) is 20.5. The smallest absolute Gasteiger partial charge is 0.238 e. The van der Waals surface area contributed by atoms with E-state index in [-0.39, 0.29) is 5.92 Å². The van der Waals surface area contributed by atoms with Gasteiger partial charge in [0, 0.05) is 30.7 Å². The molecule has 0 unspecified atom stereocenters. The first-order valence-electron chi connectivity index (χ1n) is 12.1. The molecule has 0 aliphatic carbocycles. The molecule has 1 fully saturated rings. The summed E-state index contributed by atoms with van der Waals surface area (Å²) in [6.07, 6.45) is 9.88. The first-order valence-corrected chi connectivity index (χ1v) is 12.9. The second kappa shape index (κ2) is 8.87. The van der Waals surface area contributed by atoms with Crippen LogP contribution in [0, 0.1) is 6.92 Å². The van der Waals surface area contributed by atoms with Gasteiger partial charge in [-0.1, -0.05) is 0 Å². The molecule has 8 nitrogen and oxygen atoms in total. The molecule has 4 aromatic heterocycles. The third-order valence-electron chi connectivity index (χ3n) is 6.75. The largest absolute Gasteiger partial charge is 0.479 e. The molecule has 0 spiro atoms. The van der Waals surface area contributed by atoms with Gasteiger partial charge in [0.15, 0.2) is 5.82 Å². The number of aryl methyl sites for hydroxylation is 2. The van der Waals surface area contributed by atoms with Gasteiger partial charge in [-0.3, -0.25) is 0 Å². The number of ether oxygens (including phenoxy) is 1. The Morgan fingerprint density at radius 1 is 1.00 bits per heavy atom. The van der Waals surface area contributed by atoms with Crippen LogP contribution >= 0.6 is 11.3 Å². The Hall–Kier alpha value is -3.20. The van der Waals surface area contributed by atoms with Gasteiger partial charge in [-0.2, -0.15) is 0 Å². The third-order valence-corrected chi connectivity index (χ3v) is 8.01. The lowest BCUT2D eigenvalue weighted by molar-refractivity contribution is 0.396. The molecular weight excluding hydrogens is 446 g/mol. The summed E-state index contributed by atoms with van der Waals surface area (Å²) in [5, 5.41) is 6.23. The van der Waals surface area contributed by atoms with E-state index in [4.69, 9.17) is 19.8 Å². The summed E-state index contributed by atoms with van der Waals surface area (Å²) in [5.74, 6) is 2.52. The van der Waals surface area contributed by atoms with E-state index in [2.05, 4.69) is 26.7 Å². The van der Waals surface area contributed by atoms with Crippen LogP contribution in [0.5, 0.6) is 5.88 Å². The standard InChI is InChI=1S/C25H29N7OS/c1-17-15-31(16-26-17)20-9-8-19(27-25(20)33-2)23-28-24-18(7-6-14-32(24)29-23)21-10-11-22(34-21)30-12-4-3-5-13-30/h8-11,15-16,18H,3-7,12-14H2,1-2H3/t18-/m0/s1. The Morgan fingerprint density at radius 3 is 2.68 bits per heavy atom. The zero-order valence-electron chi connectivity index (χ0n) is 19.6. The fourth-order valence-electron chi connectivity index (χ4n) is 5.00. The van der Waals surface area contributed by atoms with E-state index >= 15 is 0 Å². The quantitative estimate of drug-likeness (QED) is 0.412. The number of anilines is 1. The molecule has 2 aliphatic rings. The lowest BCUT2D eigenvalue weighted by Crippen LogP contribution is -2.28. The summed E-state index contributed by atoms with van der Waals surface area (Å²) in [6, 6.07) is 8.55. The number of rotatable bonds is 5. The van der Waals surface area contributed by atoms with Crippen molar-refractivity contribution in [3.05, 3.63) is 53.2 Å². The Labute approximate surface area is 203 Å². The predicted octanol–water partition coefficient (Wildman–Crippen LogP) is 4.82. The third kappa shape index (κ3) is 3.87. The van der Waals surface area contributed by atoms with Crippen LogP contribution in [-0.2, 0) is 6.54 Å². The second-order valence-electron chi connectivity index (χ2n) is 9.08. The molecular formula is C25H29N7OS. The lowest BCUT2D eigenvalue weighted by Gasteiger charge is -2.27. The second-order valence-corrected chi connectivity index (χ2v) is 10.2. The Kier molecular flexibility index (Phi) is 5.57. The Morgan fingerprint density at radius 2 is 1.88 bits per heavy atom. The fourth-order valence-corrected chi connectivity index (χ4v) is 6.19. The van der Waals surface area contributed by atoms with Crippen molar-refractivity contribution in [3.8, 4) is 23.1 Å². The van der Waals surface area contributed by atoms with Crippen molar-refractivity contribution in [3.63, 3.8) is 0 Å². The molecule has 4 aromatic rings. The molecule has 0 radical (unpaired) electrons. The van der Waals surface area contributed by atoms with Crippen molar-refractivity contribution >= 4 is 16.3 Å². The van der Waals surface area contributed by atoms with Crippen LogP contribution in [0.2, 0.25) is 0 Å². The van der Waals surface area contributed by atoms with Crippen molar-refractivity contribution in [2.45, 2.75) is 51.5 Å². The van der Waals surface area contributed by atoms with Gasteiger partial charge in [0.25, 0.3) is 0 Å². The van der Waals surface area contributed by atoms with Crippen LogP contribution in [0.4, 0.5) is 5.00 Å². The SMILES string of the molecule is COc1nc(-c2nc3n(n2)CCC[C@H]3c2ccc(N3CCCCC3)s2)ccc1-n1cnc(C)c1. The molecule has 1 saturated heterocycles. The first-order chi connectivity index (χ1) is 16.7. The van der Waals surface area contributed by atoms with Gasteiger partial charge in [-0.05, 0) is 63.3 Å². The van der Waals surface area contributed by atoms with E-state index < -0.39 is 0 Å². The van der Waals surface area contributed by atoms with Crippen LogP contribution in [0.25, 0.3) is 17.2 Å². The van der Waals surface area contributed by atoms with Crippen molar-refractivity contribution in [2.24, 2.45) is 0 Å². The summed E-state index contributed by atoms with van der Waals surface area (Å²) in [4.78, 5) is 18.0. The highest BCUT2D eigenvalue weighted by Crippen LogP contribution is 2.40. The normalized spacial score (nSPS) is 18.2. The maximum atomic E-state index is 5.60. The van der Waals surface area contributed by atoms with Gasteiger partial charge in [0.05, 0.1) is 30.1 Å². The summed E-state index contributed by atoms with van der Waals surface area (Å²) in [5.41, 5.74) is 2.51. The molecule has 0 amide bonds. The van der Waals surface area contributed by atoms with Gasteiger partial charge in [-0.25, -0.2) is 19.6 Å². The topological polar surface area (TPSA) is 73.9 Å². The van der Waals surface area contributed by atoms with Crippen LogP contribution in [0.15, 0.2) is 36.8 Å². The number of piperidine rings is 1. The zero-order chi connectivity index (χ0) is 23.1. The van der Waals surface area contributed by atoms with E-state index in [0.717, 1.165) is 42.3 Å². The van der Waals surface area contributed by atoms with E-state index in [0.29, 0.717) is 11.7 Å². The number of imidazole rings is 1. The van der Waals surface area contributed by atoms with Crippen molar-refractivity contribution < 1.29 is 4.74 Å². The molecule has 34 heavy (non-hydrogen) atoms. The van der Waals surface area contributed by atoms with Gasteiger partial charge in [0.2, 0.25) is 5.88 Å². The molecule has 0 aromatic carbocycles. The summed E-state index contributed by atoms with van der Waals surface area (Å²) in [7, 11) is 1.64. The number of fused-ring (bicyclic) bond motifs is 1. The average molecular weight is 476 g/mol. The molecule has 9 heteroatoms. The van der Waals surface area contributed by atoms with Crippen LogP contribution < -0.4 is 9.64 Å². The molecule has 176 valence electrons. The van der Waals surface area contributed by atoms with E-state index in [9.17, 15) is 0 Å². The number of pyridine rings is 1. The van der Waals surface area contributed by atoms with Crippen LogP contribution in [0.1, 0.15) is 54.4 Å². The number of hydrogen-bond acceptors (Lipinski definition) is 7. The number of aromatic nitrogens is 6. The minimum absolute atomic E-state index is 0.286. The highest BCUT2D eigenvalue weighted by Gasteiger charge is 2.28. The molecule has 0 bridgehead atoms. The molecule has 2 aliphatic heterocycles. The highest BCUT2D eigenvalue weighted by molar-refractivity contribution is 7.16.